The van der Waals surface area contributed by atoms with Crippen molar-refractivity contribution in [1.82, 2.24) is 9.97 Å². The van der Waals surface area contributed by atoms with E-state index < -0.39 is 11.4 Å². The van der Waals surface area contributed by atoms with E-state index in [0.717, 1.165) is 0 Å². The molecule has 0 aliphatic rings. The van der Waals surface area contributed by atoms with Crippen molar-refractivity contribution < 1.29 is 9.53 Å². The van der Waals surface area contributed by atoms with Gasteiger partial charge in [0.05, 0.1) is 28.2 Å². The number of carbonyl (C=O) groups excluding carboxylic acids is 1. The highest BCUT2D eigenvalue weighted by Crippen LogP contribution is 2.32. The Morgan fingerprint density at radius 3 is 2.72 bits per heavy atom. The largest absolute Gasteiger partial charge is 0.462 e. The van der Waals surface area contributed by atoms with E-state index in [1.165, 1.54) is 6.20 Å². The summed E-state index contributed by atoms with van der Waals surface area (Å²) in [6.45, 7) is 3.53. The average Bonchev–Trinajstić information content (AvgIpc) is 2.55. The van der Waals surface area contributed by atoms with Crippen molar-refractivity contribution in [3.63, 3.8) is 0 Å². The number of rotatable bonds is 3. The van der Waals surface area contributed by atoms with E-state index in [1.54, 1.807) is 38.1 Å². The summed E-state index contributed by atoms with van der Waals surface area (Å²) in [5.41, 5.74) is 1.65. The van der Waals surface area contributed by atoms with Crippen molar-refractivity contribution in [2.75, 3.05) is 6.61 Å². The molecule has 3 aromatic rings. The van der Waals surface area contributed by atoms with Crippen molar-refractivity contribution in [2.24, 2.45) is 0 Å². The van der Waals surface area contributed by atoms with E-state index in [1.807, 2.05) is 0 Å². The normalized spacial score (nSPS) is 10.9. The summed E-state index contributed by atoms with van der Waals surface area (Å²) in [6.07, 6.45) is 1.50. The van der Waals surface area contributed by atoms with Gasteiger partial charge in [-0.05, 0) is 38.1 Å². The van der Waals surface area contributed by atoms with E-state index in [-0.39, 0.29) is 12.2 Å². The van der Waals surface area contributed by atoms with Gasteiger partial charge in [0, 0.05) is 22.5 Å². The van der Waals surface area contributed by atoms with Gasteiger partial charge < -0.3 is 9.72 Å². The third kappa shape index (κ3) is 3.13. The van der Waals surface area contributed by atoms with Crippen LogP contribution in [0.1, 0.15) is 23.0 Å². The molecule has 25 heavy (non-hydrogen) atoms. The molecule has 0 unspecified atom stereocenters. The Hall–Kier alpha value is -2.37. The van der Waals surface area contributed by atoms with Gasteiger partial charge in [0.2, 0.25) is 5.43 Å². The SMILES string of the molecule is CCOC(=O)c1c(C)[nH]c2c(-c3ccc(Cl)cc3Cl)nccc2c1=O. The average molecular weight is 377 g/mol. The van der Waals surface area contributed by atoms with Gasteiger partial charge in [-0.3, -0.25) is 9.78 Å². The van der Waals surface area contributed by atoms with Crippen LogP contribution in [-0.2, 0) is 4.74 Å². The van der Waals surface area contributed by atoms with Gasteiger partial charge in [-0.25, -0.2) is 4.79 Å². The molecule has 0 radical (unpaired) electrons. The zero-order valence-electron chi connectivity index (χ0n) is 13.5. The Morgan fingerprint density at radius 2 is 2.04 bits per heavy atom. The highest BCUT2D eigenvalue weighted by atomic mass is 35.5. The van der Waals surface area contributed by atoms with Crippen LogP contribution in [0.3, 0.4) is 0 Å². The third-order valence-corrected chi connectivity index (χ3v) is 4.32. The quantitative estimate of drug-likeness (QED) is 0.688. The van der Waals surface area contributed by atoms with Gasteiger partial charge in [-0.2, -0.15) is 0 Å². The van der Waals surface area contributed by atoms with E-state index >= 15 is 0 Å². The number of nitrogens with zero attached hydrogens (tertiary/aromatic N) is 1. The Morgan fingerprint density at radius 1 is 1.28 bits per heavy atom. The Labute approximate surface area is 153 Å². The molecule has 0 atom stereocenters. The molecule has 0 bridgehead atoms. The minimum absolute atomic E-state index is 0.00583. The fourth-order valence-corrected chi connectivity index (χ4v) is 3.17. The van der Waals surface area contributed by atoms with E-state index in [2.05, 4.69) is 9.97 Å². The monoisotopic (exact) mass is 376 g/mol. The van der Waals surface area contributed by atoms with Crippen molar-refractivity contribution in [3.8, 4) is 11.3 Å². The highest BCUT2D eigenvalue weighted by molar-refractivity contribution is 6.36. The number of nitrogens with one attached hydrogen (secondary N) is 1. The van der Waals surface area contributed by atoms with Crippen molar-refractivity contribution >= 4 is 40.1 Å². The predicted molar refractivity (Wildman–Crippen MR) is 98.5 cm³/mol. The molecule has 0 saturated heterocycles. The smallest absolute Gasteiger partial charge is 0.343 e. The van der Waals surface area contributed by atoms with E-state index in [4.69, 9.17) is 27.9 Å². The first kappa shape index (κ1) is 17.5. The number of aryl methyl sites for hydroxylation is 1. The summed E-state index contributed by atoms with van der Waals surface area (Å²) in [7, 11) is 0. The minimum atomic E-state index is -0.647. The molecule has 0 spiro atoms. The molecule has 0 fully saturated rings. The Bertz CT molecular complexity index is 1040. The number of hydrogen-bond donors (Lipinski definition) is 1. The lowest BCUT2D eigenvalue weighted by atomic mass is 10.0. The van der Waals surface area contributed by atoms with Gasteiger partial charge in [-0.15, -0.1) is 0 Å². The van der Waals surface area contributed by atoms with Gasteiger partial charge in [0.1, 0.15) is 5.56 Å². The summed E-state index contributed by atoms with van der Waals surface area (Å²) in [6, 6.07) is 6.60. The number of benzene rings is 1. The third-order valence-electron chi connectivity index (χ3n) is 3.78. The van der Waals surface area contributed by atoms with Crippen LogP contribution in [0.15, 0.2) is 35.3 Å². The van der Waals surface area contributed by atoms with Crippen LogP contribution in [0.2, 0.25) is 10.0 Å². The molecule has 1 N–H and O–H groups in total. The molecule has 0 amide bonds. The second-order valence-electron chi connectivity index (χ2n) is 5.38. The maximum Gasteiger partial charge on any atom is 0.343 e. The molecule has 128 valence electrons. The lowest BCUT2D eigenvalue weighted by Gasteiger charge is -2.11. The minimum Gasteiger partial charge on any atom is -0.462 e. The van der Waals surface area contributed by atoms with Crippen LogP contribution in [0, 0.1) is 6.92 Å². The Kier molecular flexibility index (Phi) is 4.79. The molecule has 1 aromatic carbocycles. The molecule has 2 aromatic heterocycles. The lowest BCUT2D eigenvalue weighted by molar-refractivity contribution is 0.0523. The zero-order chi connectivity index (χ0) is 18.1. The molecule has 0 aliphatic carbocycles. The topological polar surface area (TPSA) is 72.1 Å². The van der Waals surface area contributed by atoms with E-state index in [0.29, 0.717) is 37.9 Å². The standard InChI is InChI=1S/C18H14Cl2N2O3/c1-3-25-18(24)14-9(2)22-16-12(17(14)23)6-7-21-15(16)11-5-4-10(19)8-13(11)20/h4-8H,3H2,1-2H3,(H,22,23). The fourth-order valence-electron chi connectivity index (χ4n) is 2.67. The number of fused-ring (bicyclic) bond motifs is 1. The molecular weight excluding hydrogens is 363 g/mol. The molecule has 0 aliphatic heterocycles. The number of hydrogen-bond acceptors (Lipinski definition) is 4. The first-order valence-electron chi connectivity index (χ1n) is 7.58. The van der Waals surface area contributed by atoms with Crippen molar-refractivity contribution in [3.05, 3.63) is 62.0 Å². The molecular formula is C18H14Cl2N2O3. The molecule has 2 heterocycles. The van der Waals surface area contributed by atoms with Gasteiger partial charge >= 0.3 is 5.97 Å². The summed E-state index contributed by atoms with van der Waals surface area (Å²) in [4.78, 5) is 32.3. The number of ether oxygens (including phenoxy) is 1. The maximum atomic E-state index is 12.8. The van der Waals surface area contributed by atoms with Crippen LogP contribution >= 0.6 is 23.2 Å². The van der Waals surface area contributed by atoms with E-state index in [9.17, 15) is 9.59 Å². The molecule has 7 heteroatoms. The van der Waals surface area contributed by atoms with Crippen LogP contribution in [0.4, 0.5) is 0 Å². The van der Waals surface area contributed by atoms with Crippen LogP contribution < -0.4 is 5.43 Å². The number of halogens is 2. The second kappa shape index (κ2) is 6.86. The number of aromatic amines is 1. The first-order chi connectivity index (χ1) is 11.9. The van der Waals surface area contributed by atoms with Gasteiger partial charge in [0.25, 0.3) is 0 Å². The fraction of sp³-hybridized carbons (Fsp3) is 0.167. The number of H-pyrrole nitrogens is 1. The predicted octanol–water partition coefficient (Wildman–Crippen LogP) is 4.38. The van der Waals surface area contributed by atoms with Crippen LogP contribution in [0.25, 0.3) is 22.2 Å². The second-order valence-corrected chi connectivity index (χ2v) is 6.22. The van der Waals surface area contributed by atoms with Crippen LogP contribution in [0.5, 0.6) is 0 Å². The summed E-state index contributed by atoms with van der Waals surface area (Å²) >= 11 is 12.2. The summed E-state index contributed by atoms with van der Waals surface area (Å²) < 4.78 is 4.98. The maximum absolute atomic E-state index is 12.8. The number of pyridine rings is 2. The van der Waals surface area contributed by atoms with Crippen molar-refractivity contribution in [2.45, 2.75) is 13.8 Å². The molecule has 3 rings (SSSR count). The number of aromatic nitrogens is 2. The van der Waals surface area contributed by atoms with Gasteiger partial charge in [0.15, 0.2) is 0 Å². The number of esters is 1. The van der Waals surface area contributed by atoms with Crippen molar-refractivity contribution in [1.29, 1.82) is 0 Å². The summed E-state index contributed by atoms with van der Waals surface area (Å²) in [5.74, 6) is -0.647. The zero-order valence-corrected chi connectivity index (χ0v) is 15.0. The lowest BCUT2D eigenvalue weighted by Crippen LogP contribution is -2.21. The van der Waals surface area contributed by atoms with Crippen LogP contribution in [-0.4, -0.2) is 22.5 Å². The first-order valence-corrected chi connectivity index (χ1v) is 8.33. The molecule has 0 saturated carbocycles. The Balaban J connectivity index is 2.31. The van der Waals surface area contributed by atoms with Gasteiger partial charge in [-0.1, -0.05) is 23.2 Å². The highest BCUT2D eigenvalue weighted by Gasteiger charge is 2.20. The molecule has 5 nitrogen and oxygen atoms in total. The summed E-state index contributed by atoms with van der Waals surface area (Å²) in [5, 5.41) is 1.26. The number of carbonyl (C=O) groups is 1.